The Morgan fingerprint density at radius 1 is 1.26 bits per heavy atom. The number of hydrogen-bond donors (Lipinski definition) is 2. The number of nitro groups is 1. The van der Waals surface area contributed by atoms with Gasteiger partial charge in [-0.1, -0.05) is 19.1 Å². The van der Waals surface area contributed by atoms with Gasteiger partial charge in [0, 0.05) is 44.9 Å². The zero-order valence-corrected chi connectivity index (χ0v) is 15.8. The first kappa shape index (κ1) is 20.6. The molecule has 9 nitrogen and oxygen atoms in total. The van der Waals surface area contributed by atoms with E-state index in [4.69, 9.17) is 0 Å². The molecular weight excluding hydrogens is 350 g/mol. The monoisotopic (exact) mass is 377 g/mol. The van der Waals surface area contributed by atoms with Gasteiger partial charge < -0.3 is 15.5 Å². The van der Waals surface area contributed by atoms with Gasteiger partial charge in [0.05, 0.1) is 17.5 Å². The Kier molecular flexibility index (Phi) is 7.54. The summed E-state index contributed by atoms with van der Waals surface area (Å²) in [5.74, 6) is 0.00838. The predicted octanol–water partition coefficient (Wildman–Crippen LogP) is 1.51. The Morgan fingerprint density at radius 3 is 2.59 bits per heavy atom. The molecule has 0 aromatic heterocycles. The van der Waals surface area contributed by atoms with Gasteiger partial charge in [0.25, 0.3) is 5.69 Å². The van der Waals surface area contributed by atoms with E-state index in [9.17, 15) is 19.7 Å². The molecule has 1 saturated heterocycles. The van der Waals surface area contributed by atoms with Crippen molar-refractivity contribution in [2.75, 3.05) is 39.3 Å². The van der Waals surface area contributed by atoms with Crippen LogP contribution in [0.25, 0.3) is 0 Å². The Balaban J connectivity index is 1.81. The summed E-state index contributed by atoms with van der Waals surface area (Å²) in [6.45, 7) is 7.17. The second-order valence-corrected chi connectivity index (χ2v) is 6.64. The van der Waals surface area contributed by atoms with Crippen molar-refractivity contribution in [3.8, 4) is 0 Å². The van der Waals surface area contributed by atoms with Gasteiger partial charge in [-0.05, 0) is 18.9 Å². The van der Waals surface area contributed by atoms with Crippen molar-refractivity contribution in [1.29, 1.82) is 0 Å². The summed E-state index contributed by atoms with van der Waals surface area (Å²) in [5.41, 5.74) is 0.687. The van der Waals surface area contributed by atoms with E-state index < -0.39 is 4.92 Å². The number of hydrogen-bond acceptors (Lipinski definition) is 5. The zero-order valence-electron chi connectivity index (χ0n) is 15.8. The predicted molar refractivity (Wildman–Crippen MR) is 101 cm³/mol. The summed E-state index contributed by atoms with van der Waals surface area (Å²) in [7, 11) is 0. The summed E-state index contributed by atoms with van der Waals surface area (Å²) < 4.78 is 0. The quantitative estimate of drug-likeness (QED) is 0.553. The molecule has 0 bridgehead atoms. The number of amides is 3. The standard InChI is InChI=1S/C18H27N5O4/c1-3-7-19-17(24)13-21-8-10-22(11-9-21)18(25)20-14(2)15-5-4-6-16(12-15)23(26)27/h4-6,12,14H,3,7-11,13H2,1-2H3,(H,19,24)(H,20,25). The summed E-state index contributed by atoms with van der Waals surface area (Å²) in [6.07, 6.45) is 0.905. The van der Waals surface area contributed by atoms with E-state index in [2.05, 4.69) is 10.6 Å². The number of urea groups is 1. The highest BCUT2D eigenvalue weighted by atomic mass is 16.6. The molecule has 1 fully saturated rings. The van der Waals surface area contributed by atoms with Crippen molar-refractivity contribution in [1.82, 2.24) is 20.4 Å². The van der Waals surface area contributed by atoms with Crippen LogP contribution in [0.15, 0.2) is 24.3 Å². The Morgan fingerprint density at radius 2 is 1.96 bits per heavy atom. The molecule has 1 heterocycles. The third-order valence-electron chi connectivity index (χ3n) is 4.52. The number of benzene rings is 1. The number of piperazine rings is 1. The van der Waals surface area contributed by atoms with Gasteiger partial charge in [0.15, 0.2) is 0 Å². The van der Waals surface area contributed by atoms with Crippen molar-refractivity contribution < 1.29 is 14.5 Å². The lowest BCUT2D eigenvalue weighted by Gasteiger charge is -2.34. The second kappa shape index (κ2) is 9.86. The maximum Gasteiger partial charge on any atom is 0.317 e. The fourth-order valence-electron chi connectivity index (χ4n) is 2.90. The average Bonchev–Trinajstić information content (AvgIpc) is 2.66. The lowest BCUT2D eigenvalue weighted by molar-refractivity contribution is -0.384. The first-order chi connectivity index (χ1) is 12.9. The SMILES string of the molecule is CCCNC(=O)CN1CCN(C(=O)NC(C)c2cccc([N+](=O)[O-])c2)CC1. The molecule has 1 unspecified atom stereocenters. The number of carbonyl (C=O) groups excluding carboxylic acids is 2. The molecule has 1 aromatic carbocycles. The molecule has 2 N–H and O–H groups in total. The Labute approximate surface area is 158 Å². The van der Waals surface area contributed by atoms with Crippen LogP contribution in [0.1, 0.15) is 31.9 Å². The molecule has 0 radical (unpaired) electrons. The maximum atomic E-state index is 12.5. The van der Waals surface area contributed by atoms with Gasteiger partial charge in [-0.3, -0.25) is 19.8 Å². The van der Waals surface area contributed by atoms with E-state index in [1.165, 1.54) is 12.1 Å². The van der Waals surface area contributed by atoms with Crippen LogP contribution in [-0.2, 0) is 4.79 Å². The third-order valence-corrected chi connectivity index (χ3v) is 4.52. The maximum absolute atomic E-state index is 12.5. The molecule has 3 amide bonds. The molecule has 0 saturated carbocycles. The molecule has 1 aliphatic heterocycles. The van der Waals surface area contributed by atoms with Gasteiger partial charge in [0.2, 0.25) is 5.91 Å². The summed E-state index contributed by atoms with van der Waals surface area (Å²) in [5, 5.41) is 16.6. The summed E-state index contributed by atoms with van der Waals surface area (Å²) >= 11 is 0. The zero-order chi connectivity index (χ0) is 19.8. The minimum atomic E-state index is -0.450. The van der Waals surface area contributed by atoms with Crippen molar-refractivity contribution >= 4 is 17.6 Å². The normalized spacial score (nSPS) is 15.9. The smallest absolute Gasteiger partial charge is 0.317 e. The Hall–Kier alpha value is -2.68. The first-order valence-corrected chi connectivity index (χ1v) is 9.19. The summed E-state index contributed by atoms with van der Waals surface area (Å²) in [6, 6.07) is 5.72. The lowest BCUT2D eigenvalue weighted by atomic mass is 10.1. The second-order valence-electron chi connectivity index (χ2n) is 6.64. The fraction of sp³-hybridized carbons (Fsp3) is 0.556. The topological polar surface area (TPSA) is 108 Å². The molecule has 148 valence electrons. The number of nitrogens with one attached hydrogen (secondary N) is 2. The van der Waals surface area contributed by atoms with Crippen LogP contribution in [0.3, 0.4) is 0 Å². The number of nitro benzene ring substituents is 1. The van der Waals surface area contributed by atoms with Crippen molar-refractivity contribution in [3.63, 3.8) is 0 Å². The van der Waals surface area contributed by atoms with Crippen LogP contribution < -0.4 is 10.6 Å². The average molecular weight is 377 g/mol. The highest BCUT2D eigenvalue weighted by Gasteiger charge is 2.23. The van der Waals surface area contributed by atoms with Crippen LogP contribution in [0, 0.1) is 10.1 Å². The highest BCUT2D eigenvalue weighted by molar-refractivity contribution is 5.78. The molecule has 27 heavy (non-hydrogen) atoms. The first-order valence-electron chi connectivity index (χ1n) is 9.19. The van der Waals surface area contributed by atoms with Crippen LogP contribution in [0.5, 0.6) is 0 Å². The number of non-ortho nitro benzene ring substituents is 1. The van der Waals surface area contributed by atoms with Gasteiger partial charge in [-0.15, -0.1) is 0 Å². The molecule has 2 rings (SSSR count). The van der Waals surface area contributed by atoms with Crippen LogP contribution >= 0.6 is 0 Å². The number of nitrogens with zero attached hydrogens (tertiary/aromatic N) is 3. The largest absolute Gasteiger partial charge is 0.355 e. The minimum Gasteiger partial charge on any atom is -0.355 e. The molecule has 1 aromatic rings. The number of carbonyl (C=O) groups is 2. The molecular formula is C18H27N5O4. The van der Waals surface area contributed by atoms with Crippen LogP contribution in [-0.4, -0.2) is 65.9 Å². The van der Waals surface area contributed by atoms with Crippen LogP contribution in [0.2, 0.25) is 0 Å². The van der Waals surface area contributed by atoms with E-state index in [1.807, 2.05) is 11.8 Å². The lowest BCUT2D eigenvalue weighted by Crippen LogP contribution is -2.53. The van der Waals surface area contributed by atoms with E-state index in [0.29, 0.717) is 44.8 Å². The van der Waals surface area contributed by atoms with Gasteiger partial charge in [0.1, 0.15) is 0 Å². The van der Waals surface area contributed by atoms with E-state index >= 15 is 0 Å². The van der Waals surface area contributed by atoms with E-state index in [1.54, 1.807) is 24.0 Å². The molecule has 0 aliphatic carbocycles. The van der Waals surface area contributed by atoms with Crippen LogP contribution in [0.4, 0.5) is 10.5 Å². The fourth-order valence-corrected chi connectivity index (χ4v) is 2.90. The van der Waals surface area contributed by atoms with E-state index in [-0.39, 0.29) is 23.7 Å². The van der Waals surface area contributed by atoms with Gasteiger partial charge in [-0.2, -0.15) is 0 Å². The Bertz CT molecular complexity index is 673. The molecule has 1 aliphatic rings. The van der Waals surface area contributed by atoms with Crippen molar-refractivity contribution in [2.24, 2.45) is 0 Å². The minimum absolute atomic E-state index is 0.00330. The number of rotatable bonds is 7. The van der Waals surface area contributed by atoms with Gasteiger partial charge in [-0.25, -0.2) is 4.79 Å². The van der Waals surface area contributed by atoms with Crippen molar-refractivity contribution in [2.45, 2.75) is 26.3 Å². The molecule has 0 spiro atoms. The molecule has 1 atom stereocenters. The highest BCUT2D eigenvalue weighted by Crippen LogP contribution is 2.19. The molecule has 9 heteroatoms. The van der Waals surface area contributed by atoms with E-state index in [0.717, 1.165) is 6.42 Å². The third kappa shape index (κ3) is 6.21. The summed E-state index contributed by atoms with van der Waals surface area (Å²) in [4.78, 5) is 38.4. The van der Waals surface area contributed by atoms with Crippen molar-refractivity contribution in [3.05, 3.63) is 39.9 Å². The van der Waals surface area contributed by atoms with Gasteiger partial charge >= 0.3 is 6.03 Å².